The SMILES string of the molecule is C/C=C/c1ccc(OC[C@H](O)Cn2cnc3cc(C)c(C)cc32)c(OC)c1. The Morgan fingerprint density at radius 1 is 1.15 bits per heavy atom. The number of fused-ring (bicyclic) bond motifs is 1. The number of benzene rings is 2. The van der Waals surface area contributed by atoms with Crippen molar-refractivity contribution in [3.8, 4) is 11.5 Å². The molecule has 1 aromatic heterocycles. The molecule has 0 aliphatic rings. The Balaban J connectivity index is 1.68. The van der Waals surface area contributed by atoms with Crippen LogP contribution in [0.25, 0.3) is 17.1 Å². The zero-order valence-electron chi connectivity index (χ0n) is 16.3. The van der Waals surface area contributed by atoms with Gasteiger partial charge in [0.2, 0.25) is 0 Å². The van der Waals surface area contributed by atoms with E-state index in [1.54, 1.807) is 13.4 Å². The van der Waals surface area contributed by atoms with Crippen molar-refractivity contribution >= 4 is 17.1 Å². The summed E-state index contributed by atoms with van der Waals surface area (Å²) in [6, 6.07) is 9.91. The average molecular weight is 366 g/mol. The van der Waals surface area contributed by atoms with Crippen molar-refractivity contribution in [2.75, 3.05) is 13.7 Å². The fourth-order valence-corrected chi connectivity index (χ4v) is 3.02. The summed E-state index contributed by atoms with van der Waals surface area (Å²) in [4.78, 5) is 4.43. The molecule has 0 aliphatic heterocycles. The molecule has 1 atom stereocenters. The Morgan fingerprint density at radius 3 is 2.67 bits per heavy atom. The summed E-state index contributed by atoms with van der Waals surface area (Å²) < 4.78 is 13.2. The molecule has 0 saturated carbocycles. The second-order valence-electron chi connectivity index (χ2n) is 6.70. The summed E-state index contributed by atoms with van der Waals surface area (Å²) >= 11 is 0. The third-order valence-electron chi connectivity index (χ3n) is 4.62. The summed E-state index contributed by atoms with van der Waals surface area (Å²) in [7, 11) is 1.61. The minimum absolute atomic E-state index is 0.170. The summed E-state index contributed by atoms with van der Waals surface area (Å²) in [5.74, 6) is 1.27. The molecule has 0 unspecified atom stereocenters. The molecule has 5 heteroatoms. The molecular formula is C22H26N2O3. The zero-order valence-corrected chi connectivity index (χ0v) is 16.3. The second kappa shape index (κ2) is 8.27. The first-order valence-electron chi connectivity index (χ1n) is 9.05. The number of hydrogen-bond acceptors (Lipinski definition) is 4. The van der Waals surface area contributed by atoms with Gasteiger partial charge in [-0.05, 0) is 61.7 Å². The quantitative estimate of drug-likeness (QED) is 0.683. The molecule has 0 spiro atoms. The fourth-order valence-electron chi connectivity index (χ4n) is 3.02. The molecule has 3 rings (SSSR count). The highest BCUT2D eigenvalue weighted by Crippen LogP contribution is 2.29. The maximum atomic E-state index is 10.4. The van der Waals surface area contributed by atoms with Crippen LogP contribution in [0.2, 0.25) is 0 Å². The van der Waals surface area contributed by atoms with E-state index >= 15 is 0 Å². The van der Waals surface area contributed by atoms with Crippen LogP contribution < -0.4 is 9.47 Å². The van der Waals surface area contributed by atoms with Crippen LogP contribution in [0.5, 0.6) is 11.5 Å². The van der Waals surface area contributed by atoms with E-state index in [1.165, 1.54) is 11.1 Å². The highest BCUT2D eigenvalue weighted by Gasteiger charge is 2.12. The maximum Gasteiger partial charge on any atom is 0.161 e. The molecule has 1 N–H and O–H groups in total. The average Bonchev–Trinajstić information content (AvgIpc) is 3.02. The second-order valence-corrected chi connectivity index (χ2v) is 6.70. The van der Waals surface area contributed by atoms with Crippen molar-refractivity contribution < 1.29 is 14.6 Å². The number of hydrogen-bond donors (Lipinski definition) is 1. The van der Waals surface area contributed by atoms with Crippen LogP contribution in [0.3, 0.4) is 0 Å². The lowest BCUT2D eigenvalue weighted by Gasteiger charge is -2.16. The van der Waals surface area contributed by atoms with Crippen molar-refractivity contribution in [2.24, 2.45) is 0 Å². The number of imidazole rings is 1. The van der Waals surface area contributed by atoms with E-state index in [0.717, 1.165) is 16.6 Å². The van der Waals surface area contributed by atoms with Crippen LogP contribution in [-0.4, -0.2) is 34.5 Å². The number of ether oxygens (including phenoxy) is 2. The van der Waals surface area contributed by atoms with E-state index in [-0.39, 0.29) is 6.61 Å². The van der Waals surface area contributed by atoms with Gasteiger partial charge in [-0.3, -0.25) is 0 Å². The van der Waals surface area contributed by atoms with Crippen LogP contribution in [-0.2, 0) is 6.54 Å². The van der Waals surface area contributed by atoms with Crippen LogP contribution in [0, 0.1) is 13.8 Å². The number of methoxy groups -OCH3 is 1. The number of aliphatic hydroxyl groups is 1. The third-order valence-corrected chi connectivity index (χ3v) is 4.62. The molecule has 1 heterocycles. The van der Waals surface area contributed by atoms with E-state index in [2.05, 4.69) is 31.0 Å². The van der Waals surface area contributed by atoms with Crippen LogP contribution >= 0.6 is 0 Å². The van der Waals surface area contributed by atoms with Gasteiger partial charge in [0.15, 0.2) is 11.5 Å². The molecule has 27 heavy (non-hydrogen) atoms. The fraction of sp³-hybridized carbons (Fsp3) is 0.318. The highest BCUT2D eigenvalue weighted by molar-refractivity contribution is 5.77. The highest BCUT2D eigenvalue weighted by atomic mass is 16.5. The van der Waals surface area contributed by atoms with Gasteiger partial charge in [-0.15, -0.1) is 0 Å². The monoisotopic (exact) mass is 366 g/mol. The van der Waals surface area contributed by atoms with E-state index < -0.39 is 6.10 Å². The molecule has 0 radical (unpaired) electrons. The number of nitrogens with zero attached hydrogens (tertiary/aromatic N) is 2. The first kappa shape index (κ1) is 19.0. The van der Waals surface area contributed by atoms with Crippen molar-refractivity contribution in [3.05, 3.63) is 59.4 Å². The lowest BCUT2D eigenvalue weighted by Crippen LogP contribution is -2.23. The molecule has 0 saturated heterocycles. The van der Waals surface area contributed by atoms with Crippen LogP contribution in [0.15, 0.2) is 42.7 Å². The minimum Gasteiger partial charge on any atom is -0.493 e. The predicted octanol–water partition coefficient (Wildman–Crippen LogP) is 4.13. The molecule has 2 aromatic carbocycles. The van der Waals surface area contributed by atoms with Crippen LogP contribution in [0.1, 0.15) is 23.6 Å². The van der Waals surface area contributed by atoms with Crippen molar-refractivity contribution in [2.45, 2.75) is 33.4 Å². The third kappa shape index (κ3) is 4.31. The van der Waals surface area contributed by atoms with Gasteiger partial charge in [-0.25, -0.2) is 4.98 Å². The number of rotatable bonds is 7. The number of aliphatic hydroxyl groups excluding tert-OH is 1. The minimum atomic E-state index is -0.663. The lowest BCUT2D eigenvalue weighted by atomic mass is 10.1. The van der Waals surface area contributed by atoms with E-state index in [9.17, 15) is 5.11 Å². The Labute approximate surface area is 159 Å². The first-order valence-corrected chi connectivity index (χ1v) is 9.05. The summed E-state index contributed by atoms with van der Waals surface area (Å²) in [6.45, 7) is 6.71. The van der Waals surface area contributed by atoms with Gasteiger partial charge in [0, 0.05) is 0 Å². The van der Waals surface area contributed by atoms with E-state index in [4.69, 9.17) is 9.47 Å². The molecule has 3 aromatic rings. The molecular weight excluding hydrogens is 340 g/mol. The Bertz CT molecular complexity index is 960. The van der Waals surface area contributed by atoms with Crippen molar-refractivity contribution in [3.63, 3.8) is 0 Å². The normalized spacial score (nSPS) is 12.6. The van der Waals surface area contributed by atoms with Gasteiger partial charge >= 0.3 is 0 Å². The summed E-state index contributed by atoms with van der Waals surface area (Å²) in [5, 5.41) is 10.4. The van der Waals surface area contributed by atoms with E-state index in [1.807, 2.05) is 41.8 Å². The maximum absolute atomic E-state index is 10.4. The van der Waals surface area contributed by atoms with Crippen molar-refractivity contribution in [1.29, 1.82) is 0 Å². The Kier molecular flexibility index (Phi) is 5.81. The Hall–Kier alpha value is -2.79. The lowest BCUT2D eigenvalue weighted by molar-refractivity contribution is 0.0919. The van der Waals surface area contributed by atoms with Gasteiger partial charge in [0.1, 0.15) is 12.7 Å². The van der Waals surface area contributed by atoms with Crippen LogP contribution in [0.4, 0.5) is 0 Å². The number of aromatic nitrogens is 2. The molecule has 5 nitrogen and oxygen atoms in total. The summed E-state index contributed by atoms with van der Waals surface area (Å²) in [6.07, 6.45) is 5.07. The van der Waals surface area contributed by atoms with Gasteiger partial charge in [-0.1, -0.05) is 18.2 Å². The van der Waals surface area contributed by atoms with Crippen molar-refractivity contribution in [1.82, 2.24) is 9.55 Å². The number of aryl methyl sites for hydroxylation is 2. The zero-order chi connectivity index (χ0) is 19.4. The van der Waals surface area contributed by atoms with E-state index in [0.29, 0.717) is 18.0 Å². The van der Waals surface area contributed by atoms with Gasteiger partial charge in [-0.2, -0.15) is 0 Å². The molecule has 0 amide bonds. The summed E-state index contributed by atoms with van der Waals surface area (Å²) in [5.41, 5.74) is 5.42. The standard InChI is InChI=1S/C22H26N2O3/c1-5-6-17-7-8-21(22(11-17)26-4)27-13-18(25)12-24-14-23-19-9-15(2)16(3)10-20(19)24/h5-11,14,18,25H,12-13H2,1-4H3/b6-5+/t18-/m1/s1. The predicted molar refractivity (Wildman–Crippen MR) is 108 cm³/mol. The van der Waals surface area contributed by atoms with Gasteiger partial charge < -0.3 is 19.1 Å². The molecule has 142 valence electrons. The smallest absolute Gasteiger partial charge is 0.161 e. The molecule has 0 fully saturated rings. The largest absolute Gasteiger partial charge is 0.493 e. The van der Waals surface area contributed by atoms with Gasteiger partial charge in [0.05, 0.1) is 31.0 Å². The first-order chi connectivity index (χ1) is 13.0. The Morgan fingerprint density at radius 2 is 1.93 bits per heavy atom. The topological polar surface area (TPSA) is 56.5 Å². The van der Waals surface area contributed by atoms with Gasteiger partial charge in [0.25, 0.3) is 0 Å². The molecule has 0 aliphatic carbocycles. The molecule has 0 bridgehead atoms. The number of allylic oxidation sites excluding steroid dienone is 1.